The zero-order valence-corrected chi connectivity index (χ0v) is 37.8. The number of unbranched alkanes of at least 4 members (excludes halogenated alkanes) is 2. The lowest BCUT2D eigenvalue weighted by molar-refractivity contribution is -0.172. The van der Waals surface area contributed by atoms with Gasteiger partial charge in [-0.1, -0.05) is 104 Å². The van der Waals surface area contributed by atoms with E-state index in [9.17, 15) is 28.8 Å². The first-order valence-corrected chi connectivity index (χ1v) is 23.6. The van der Waals surface area contributed by atoms with E-state index in [0.29, 0.717) is 38.9 Å². The van der Waals surface area contributed by atoms with Crippen molar-refractivity contribution in [2.45, 2.75) is 90.1 Å². The first-order chi connectivity index (χ1) is 32.2. The molecule has 4 fully saturated rings. The van der Waals surface area contributed by atoms with Crippen LogP contribution in [0.25, 0.3) is 0 Å². The molecule has 6 amide bonds. The van der Waals surface area contributed by atoms with E-state index in [0.717, 1.165) is 47.4 Å². The number of nitrogens with one attached hydrogen (secondary N) is 1. The lowest BCUT2D eigenvalue weighted by Crippen LogP contribution is -2.70. The Bertz CT molecular complexity index is 2110. The number of ether oxygens (including phenoxy) is 3. The smallest absolute Gasteiger partial charge is 0.437 e. The number of piperidine rings is 2. The van der Waals surface area contributed by atoms with Gasteiger partial charge in [-0.05, 0) is 87.2 Å². The number of piperazine rings is 1. The number of alkyl carbamates (subject to hydrolysis) is 1. The van der Waals surface area contributed by atoms with Crippen LogP contribution in [0.3, 0.4) is 0 Å². The van der Waals surface area contributed by atoms with Crippen molar-refractivity contribution < 1.29 is 43.0 Å². The Morgan fingerprint density at radius 3 is 1.85 bits per heavy atom. The Labute approximate surface area is 387 Å². The number of esters is 1. The maximum absolute atomic E-state index is 14.1. The molecule has 7 rings (SSSR count). The molecule has 352 valence electrons. The monoisotopic (exact) mass is 905 g/mol. The first-order valence-electron chi connectivity index (χ1n) is 23.6. The Balaban J connectivity index is 0.971. The number of likely N-dealkylation sites (tertiary alicyclic amines) is 3. The van der Waals surface area contributed by atoms with Crippen LogP contribution in [0, 0.1) is 11.8 Å². The molecule has 66 heavy (non-hydrogen) atoms. The molecule has 3 aromatic rings. The largest absolute Gasteiger partial charge is 0.459 e. The van der Waals surface area contributed by atoms with Crippen molar-refractivity contribution in [3.05, 3.63) is 108 Å². The van der Waals surface area contributed by atoms with Crippen LogP contribution in [0.15, 0.2) is 96.0 Å². The quantitative estimate of drug-likeness (QED) is 0.0436. The molecule has 4 saturated heterocycles. The number of guanidine groups is 1. The Morgan fingerprint density at radius 1 is 0.621 bits per heavy atom. The number of hydrogen-bond acceptors (Lipinski definition) is 10. The van der Waals surface area contributed by atoms with Crippen LogP contribution in [0.2, 0.25) is 0 Å². The molecule has 0 aliphatic carbocycles. The molecule has 0 spiro atoms. The number of rotatable bonds is 15. The summed E-state index contributed by atoms with van der Waals surface area (Å²) in [6, 6.07) is 25.8. The maximum atomic E-state index is 14.1. The van der Waals surface area contributed by atoms with Gasteiger partial charge in [0.2, 0.25) is 17.8 Å². The average molecular weight is 906 g/mol. The molecule has 0 radical (unpaired) electrons. The second-order valence-electron chi connectivity index (χ2n) is 17.6. The van der Waals surface area contributed by atoms with Gasteiger partial charge >= 0.3 is 24.2 Å². The molecule has 0 saturated carbocycles. The van der Waals surface area contributed by atoms with Crippen molar-refractivity contribution in [3.8, 4) is 0 Å². The number of imide groups is 1. The number of aliphatic imine (C=N–C) groups is 1. The van der Waals surface area contributed by atoms with E-state index in [4.69, 9.17) is 14.2 Å². The Morgan fingerprint density at radius 2 is 1.21 bits per heavy atom. The molecule has 0 bridgehead atoms. The highest BCUT2D eigenvalue weighted by atomic mass is 16.6. The summed E-state index contributed by atoms with van der Waals surface area (Å²) in [5.74, 6) is -2.17. The van der Waals surface area contributed by atoms with Gasteiger partial charge in [-0.15, -0.1) is 4.99 Å². The second-order valence-corrected chi connectivity index (χ2v) is 17.6. The standard InChI is InChI=1S/C50H63N7O9/c58-43(24-12-4-13-25-53-26-14-5-15-27-53)54-29-31-55(32-30-54)50(63)57-44(46(60)64-35-38-17-6-1-7-18-38)42(45(57)59)33-41-23-16-28-56(34-41)47(51-48(61)65-36-39-19-8-2-9-20-39)52-49(62)66-37-40-21-10-3-11-22-40/h1-3,6-11,17-22,41-42,44H,4-5,12-16,23-37H2,(H,51,52,61,62)/t41?,42-,44?/m1/s1. The van der Waals surface area contributed by atoms with Crippen LogP contribution in [0.5, 0.6) is 0 Å². The van der Waals surface area contributed by atoms with E-state index in [2.05, 4.69) is 15.2 Å². The lowest BCUT2D eigenvalue weighted by atomic mass is 9.78. The van der Waals surface area contributed by atoms with Gasteiger partial charge in [0.25, 0.3) is 0 Å². The van der Waals surface area contributed by atoms with Gasteiger partial charge in [-0.25, -0.2) is 24.1 Å². The number of hydrogen-bond donors (Lipinski definition) is 1. The molecule has 3 atom stereocenters. The first kappa shape index (κ1) is 47.7. The van der Waals surface area contributed by atoms with Gasteiger partial charge in [-0.2, -0.15) is 0 Å². The van der Waals surface area contributed by atoms with Crippen LogP contribution in [0.1, 0.15) is 80.9 Å². The highest BCUT2D eigenvalue weighted by molar-refractivity contribution is 6.08. The summed E-state index contributed by atoms with van der Waals surface area (Å²) >= 11 is 0. The molecule has 4 heterocycles. The van der Waals surface area contributed by atoms with Crippen molar-refractivity contribution in [1.82, 2.24) is 29.8 Å². The van der Waals surface area contributed by atoms with Gasteiger partial charge in [0, 0.05) is 45.7 Å². The SMILES string of the molecule is O=C(N=C(NC(=O)OCc1ccccc1)N1CCCC(C[C@H]2C(=O)N(C(=O)N3CCN(C(=O)CCCCCN4CCCCC4)CC3)C2C(=O)OCc2ccccc2)C1)OCc1ccccc1. The third-order valence-corrected chi connectivity index (χ3v) is 12.8. The fourth-order valence-corrected chi connectivity index (χ4v) is 9.18. The minimum absolute atomic E-state index is 0.00522. The number of carbonyl (C=O) groups excluding carboxylic acids is 6. The van der Waals surface area contributed by atoms with Gasteiger partial charge in [0.05, 0.1) is 5.92 Å². The summed E-state index contributed by atoms with van der Waals surface area (Å²) in [5.41, 5.74) is 2.31. The predicted octanol–water partition coefficient (Wildman–Crippen LogP) is 6.59. The predicted molar refractivity (Wildman–Crippen MR) is 245 cm³/mol. The molecule has 3 aromatic carbocycles. The van der Waals surface area contributed by atoms with Crippen molar-refractivity contribution in [1.29, 1.82) is 0 Å². The van der Waals surface area contributed by atoms with Crippen molar-refractivity contribution in [2.24, 2.45) is 16.8 Å². The maximum Gasteiger partial charge on any atom is 0.437 e. The molecule has 4 aliphatic heterocycles. The van der Waals surface area contributed by atoms with Crippen LogP contribution >= 0.6 is 0 Å². The van der Waals surface area contributed by atoms with Crippen LogP contribution in [0.4, 0.5) is 14.4 Å². The third-order valence-electron chi connectivity index (χ3n) is 12.8. The molecule has 4 aliphatic rings. The lowest BCUT2D eigenvalue weighted by Gasteiger charge is -2.48. The van der Waals surface area contributed by atoms with E-state index in [1.807, 2.05) is 91.0 Å². The molecule has 16 heteroatoms. The van der Waals surface area contributed by atoms with E-state index in [1.165, 1.54) is 32.4 Å². The molecule has 16 nitrogen and oxygen atoms in total. The highest BCUT2D eigenvalue weighted by Crippen LogP contribution is 2.37. The summed E-state index contributed by atoms with van der Waals surface area (Å²) in [6.45, 7) is 5.27. The topological polar surface area (TPSA) is 171 Å². The molecule has 2 unspecified atom stereocenters. The summed E-state index contributed by atoms with van der Waals surface area (Å²) in [5, 5.41) is 2.64. The summed E-state index contributed by atoms with van der Waals surface area (Å²) < 4.78 is 16.7. The third kappa shape index (κ3) is 13.6. The summed E-state index contributed by atoms with van der Waals surface area (Å²) in [7, 11) is 0. The van der Waals surface area contributed by atoms with Gasteiger partial charge in [0.15, 0.2) is 6.04 Å². The highest BCUT2D eigenvalue weighted by Gasteiger charge is 2.57. The zero-order chi connectivity index (χ0) is 46.1. The number of carbonyl (C=O) groups is 6. The van der Waals surface area contributed by atoms with Crippen LogP contribution in [-0.4, -0.2) is 131 Å². The van der Waals surface area contributed by atoms with Crippen molar-refractivity contribution in [3.63, 3.8) is 0 Å². The fourth-order valence-electron chi connectivity index (χ4n) is 9.18. The van der Waals surface area contributed by atoms with Crippen LogP contribution < -0.4 is 5.32 Å². The van der Waals surface area contributed by atoms with Gasteiger partial charge in [0.1, 0.15) is 19.8 Å². The van der Waals surface area contributed by atoms with Gasteiger partial charge in [-0.3, -0.25) is 14.9 Å². The normalized spacial score (nSPS) is 20.3. The Kier molecular flexibility index (Phi) is 17.5. The number of β-lactam (4-membered cyclic amide) rings is 1. The van der Waals surface area contributed by atoms with E-state index < -0.39 is 42.1 Å². The summed E-state index contributed by atoms with van der Waals surface area (Å²) in [6.07, 6.45) is 7.04. The fraction of sp³-hybridized carbons (Fsp3) is 0.500. The Hall–Kier alpha value is -6.29. The number of amides is 6. The van der Waals surface area contributed by atoms with Crippen molar-refractivity contribution >= 4 is 42.0 Å². The second kappa shape index (κ2) is 24.3. The summed E-state index contributed by atoms with van der Waals surface area (Å²) in [4.78, 5) is 94.2. The minimum Gasteiger partial charge on any atom is -0.459 e. The van der Waals surface area contributed by atoms with E-state index in [-0.39, 0.29) is 63.7 Å². The van der Waals surface area contributed by atoms with Crippen LogP contribution in [-0.2, 0) is 48.4 Å². The van der Waals surface area contributed by atoms with Gasteiger partial charge < -0.3 is 33.8 Å². The molecular weight excluding hydrogens is 843 g/mol. The minimum atomic E-state index is -1.15. The number of benzene rings is 3. The van der Waals surface area contributed by atoms with E-state index in [1.54, 1.807) is 14.7 Å². The zero-order valence-electron chi connectivity index (χ0n) is 37.8. The van der Waals surface area contributed by atoms with Crippen molar-refractivity contribution in [2.75, 3.05) is 58.9 Å². The molecular formula is C50H63N7O9. The number of urea groups is 1. The molecule has 1 N–H and O–H groups in total. The van der Waals surface area contributed by atoms with E-state index >= 15 is 0 Å². The molecule has 0 aromatic heterocycles. The average Bonchev–Trinajstić information content (AvgIpc) is 3.36. The number of nitrogens with zero attached hydrogens (tertiary/aromatic N) is 6.